The Hall–Kier alpha value is -1.71. The molecule has 0 aromatic carbocycles. The summed E-state index contributed by atoms with van der Waals surface area (Å²) in [4.78, 5) is 17.7. The van der Waals surface area contributed by atoms with Gasteiger partial charge in [-0.2, -0.15) is 0 Å². The van der Waals surface area contributed by atoms with E-state index < -0.39 is 0 Å². The smallest absolute Gasteiger partial charge is 0.151 e. The standard InChI is InChI=1S/C7H6N2O2/c10-4-6(5-11)7-3-8-1-2-9-7/h1-5,10H/p-1/b6-4-. The summed E-state index contributed by atoms with van der Waals surface area (Å²) in [6, 6.07) is 0. The summed E-state index contributed by atoms with van der Waals surface area (Å²) in [5, 5.41) is 10.2. The fourth-order valence-corrected chi connectivity index (χ4v) is 0.597. The van der Waals surface area contributed by atoms with Gasteiger partial charge in [-0.05, 0) is 0 Å². The van der Waals surface area contributed by atoms with Crippen molar-refractivity contribution in [1.82, 2.24) is 9.97 Å². The molecule has 11 heavy (non-hydrogen) atoms. The summed E-state index contributed by atoms with van der Waals surface area (Å²) in [7, 11) is 0. The third kappa shape index (κ3) is 1.61. The van der Waals surface area contributed by atoms with Crippen molar-refractivity contribution in [2.45, 2.75) is 0 Å². The molecule has 0 N–H and O–H groups in total. The third-order valence-corrected chi connectivity index (χ3v) is 1.11. The van der Waals surface area contributed by atoms with Crippen molar-refractivity contribution in [3.05, 3.63) is 30.5 Å². The van der Waals surface area contributed by atoms with E-state index in [1.807, 2.05) is 0 Å². The minimum Gasteiger partial charge on any atom is -0.877 e. The van der Waals surface area contributed by atoms with Gasteiger partial charge in [-0.25, -0.2) is 0 Å². The lowest BCUT2D eigenvalue weighted by atomic mass is 10.2. The van der Waals surface area contributed by atoms with Gasteiger partial charge in [0, 0.05) is 18.0 Å². The van der Waals surface area contributed by atoms with Gasteiger partial charge < -0.3 is 5.11 Å². The van der Waals surface area contributed by atoms with Gasteiger partial charge in [-0.15, -0.1) is 6.26 Å². The van der Waals surface area contributed by atoms with Crippen molar-refractivity contribution in [2.75, 3.05) is 0 Å². The lowest BCUT2D eigenvalue weighted by molar-refractivity contribution is -0.273. The van der Waals surface area contributed by atoms with Crippen molar-refractivity contribution in [3.63, 3.8) is 0 Å². The molecule has 0 aliphatic carbocycles. The summed E-state index contributed by atoms with van der Waals surface area (Å²) < 4.78 is 0. The third-order valence-electron chi connectivity index (χ3n) is 1.11. The molecule has 0 fully saturated rings. The van der Waals surface area contributed by atoms with Crippen LogP contribution < -0.4 is 5.11 Å². The molecule has 0 bridgehead atoms. The van der Waals surface area contributed by atoms with Gasteiger partial charge in [0.05, 0.1) is 11.9 Å². The summed E-state index contributed by atoms with van der Waals surface area (Å²) in [6.45, 7) is 0. The Morgan fingerprint density at radius 1 is 1.55 bits per heavy atom. The van der Waals surface area contributed by atoms with Crippen LogP contribution in [0.4, 0.5) is 0 Å². The molecule has 1 rings (SSSR count). The zero-order valence-corrected chi connectivity index (χ0v) is 5.60. The van der Waals surface area contributed by atoms with E-state index in [1.54, 1.807) is 0 Å². The lowest BCUT2D eigenvalue weighted by Gasteiger charge is -1.98. The SMILES string of the molecule is O=C/C(=C/[O-])c1cnccn1. The van der Waals surface area contributed by atoms with E-state index in [-0.39, 0.29) is 5.57 Å². The summed E-state index contributed by atoms with van der Waals surface area (Å²) in [5.41, 5.74) is 0.315. The van der Waals surface area contributed by atoms with Crippen molar-refractivity contribution < 1.29 is 9.90 Å². The Labute approximate surface area is 63.2 Å². The van der Waals surface area contributed by atoms with Gasteiger partial charge in [0.2, 0.25) is 0 Å². The van der Waals surface area contributed by atoms with Crippen LogP contribution in [-0.2, 0) is 4.79 Å². The largest absolute Gasteiger partial charge is 0.877 e. The quantitative estimate of drug-likeness (QED) is 0.319. The molecule has 0 aliphatic rings. The van der Waals surface area contributed by atoms with Crippen LogP contribution in [0.5, 0.6) is 0 Å². The second-order valence-electron chi connectivity index (χ2n) is 1.78. The molecule has 0 atom stereocenters. The van der Waals surface area contributed by atoms with E-state index >= 15 is 0 Å². The fraction of sp³-hybridized carbons (Fsp3) is 0. The van der Waals surface area contributed by atoms with Crippen LogP contribution in [0.15, 0.2) is 24.9 Å². The Balaban J connectivity index is 3.01. The molecule has 0 saturated carbocycles. The topological polar surface area (TPSA) is 65.9 Å². The molecule has 0 radical (unpaired) electrons. The molecule has 1 aromatic rings. The number of allylic oxidation sites excluding steroid dienone is 1. The zero-order valence-electron chi connectivity index (χ0n) is 5.60. The van der Waals surface area contributed by atoms with E-state index in [9.17, 15) is 9.90 Å². The first-order valence-electron chi connectivity index (χ1n) is 2.92. The van der Waals surface area contributed by atoms with Crippen LogP contribution in [0.3, 0.4) is 0 Å². The predicted molar refractivity (Wildman–Crippen MR) is 36.1 cm³/mol. The number of hydrogen-bond donors (Lipinski definition) is 0. The Bertz CT molecular complexity index is 269. The number of carbonyl (C=O) groups excluding carboxylic acids is 1. The number of aromatic nitrogens is 2. The molecular formula is C7H5N2O2-. The first-order chi connectivity index (χ1) is 5.38. The Morgan fingerprint density at radius 3 is 2.82 bits per heavy atom. The first-order valence-corrected chi connectivity index (χ1v) is 2.92. The number of rotatable bonds is 2. The van der Waals surface area contributed by atoms with E-state index in [2.05, 4.69) is 9.97 Å². The molecule has 0 aliphatic heterocycles. The van der Waals surface area contributed by atoms with Crippen LogP contribution in [0.25, 0.3) is 5.57 Å². The summed E-state index contributed by atoms with van der Waals surface area (Å²) in [6.07, 6.45) is 5.16. The average molecular weight is 149 g/mol. The van der Waals surface area contributed by atoms with Crippen LogP contribution in [-0.4, -0.2) is 16.3 Å². The zero-order chi connectivity index (χ0) is 8.10. The number of nitrogens with zero attached hydrogens (tertiary/aromatic N) is 2. The number of hydrogen-bond acceptors (Lipinski definition) is 4. The van der Waals surface area contributed by atoms with Gasteiger partial charge in [-0.3, -0.25) is 14.8 Å². The molecule has 0 spiro atoms. The summed E-state index contributed by atoms with van der Waals surface area (Å²) >= 11 is 0. The first kappa shape index (κ1) is 7.40. The maximum absolute atomic E-state index is 10.2. The molecule has 0 saturated heterocycles. The van der Waals surface area contributed by atoms with E-state index in [0.717, 1.165) is 0 Å². The van der Waals surface area contributed by atoms with Crippen molar-refractivity contribution in [2.24, 2.45) is 0 Å². The minimum atomic E-state index is 0.0121. The van der Waals surface area contributed by atoms with Gasteiger partial charge >= 0.3 is 0 Å². The van der Waals surface area contributed by atoms with Crippen molar-refractivity contribution in [3.8, 4) is 0 Å². The maximum Gasteiger partial charge on any atom is 0.151 e. The molecule has 4 nitrogen and oxygen atoms in total. The van der Waals surface area contributed by atoms with E-state index in [0.29, 0.717) is 18.2 Å². The minimum absolute atomic E-state index is 0.0121. The average Bonchev–Trinajstić information content (AvgIpc) is 2.09. The van der Waals surface area contributed by atoms with Crippen LogP contribution in [0.2, 0.25) is 0 Å². The van der Waals surface area contributed by atoms with Gasteiger partial charge in [0.25, 0.3) is 0 Å². The molecule has 1 aromatic heterocycles. The fourth-order valence-electron chi connectivity index (χ4n) is 0.597. The molecular weight excluding hydrogens is 144 g/mol. The molecule has 4 heteroatoms. The number of aldehydes is 1. The Morgan fingerprint density at radius 2 is 2.36 bits per heavy atom. The highest BCUT2D eigenvalue weighted by molar-refractivity contribution is 6.05. The van der Waals surface area contributed by atoms with Gasteiger partial charge in [0.15, 0.2) is 6.29 Å². The Kier molecular flexibility index (Phi) is 2.32. The highest BCUT2D eigenvalue weighted by atomic mass is 16.2. The van der Waals surface area contributed by atoms with E-state index in [4.69, 9.17) is 0 Å². The second kappa shape index (κ2) is 3.46. The van der Waals surface area contributed by atoms with Crippen LogP contribution in [0, 0.1) is 0 Å². The van der Waals surface area contributed by atoms with E-state index in [1.165, 1.54) is 18.6 Å². The number of carbonyl (C=O) groups is 1. The monoisotopic (exact) mass is 149 g/mol. The van der Waals surface area contributed by atoms with Gasteiger partial charge in [0.1, 0.15) is 0 Å². The molecule has 0 amide bonds. The maximum atomic E-state index is 10.2. The lowest BCUT2D eigenvalue weighted by Crippen LogP contribution is -1.96. The molecule has 1 heterocycles. The molecule has 0 unspecified atom stereocenters. The van der Waals surface area contributed by atoms with Crippen molar-refractivity contribution >= 4 is 11.9 Å². The molecule has 56 valence electrons. The van der Waals surface area contributed by atoms with Gasteiger partial charge in [-0.1, -0.05) is 0 Å². The second-order valence-corrected chi connectivity index (χ2v) is 1.78. The van der Waals surface area contributed by atoms with Crippen LogP contribution >= 0.6 is 0 Å². The highest BCUT2D eigenvalue weighted by Crippen LogP contribution is 2.03. The summed E-state index contributed by atoms with van der Waals surface area (Å²) in [5.74, 6) is 0. The predicted octanol–water partition coefficient (Wildman–Crippen LogP) is -0.623. The van der Waals surface area contributed by atoms with Crippen LogP contribution in [0.1, 0.15) is 5.69 Å². The normalized spacial score (nSPS) is 11.1. The highest BCUT2D eigenvalue weighted by Gasteiger charge is 1.96. The van der Waals surface area contributed by atoms with Crippen molar-refractivity contribution in [1.29, 1.82) is 0 Å².